The van der Waals surface area contributed by atoms with Gasteiger partial charge in [-0.2, -0.15) is 0 Å². The van der Waals surface area contributed by atoms with Crippen molar-refractivity contribution in [3.8, 4) is 17.3 Å². The van der Waals surface area contributed by atoms with Crippen LogP contribution in [0.3, 0.4) is 0 Å². The number of hydrogen-bond donors (Lipinski definition) is 1. The minimum atomic E-state index is -0.138. The molecule has 0 aliphatic heterocycles. The Bertz CT molecular complexity index is 1180. The number of fused-ring (bicyclic) bond motifs is 1. The fourth-order valence-corrected chi connectivity index (χ4v) is 4.09. The van der Waals surface area contributed by atoms with Gasteiger partial charge in [0, 0.05) is 4.88 Å². The Kier molecular flexibility index (Phi) is 4.81. The molecule has 4 rings (SSSR count). The minimum Gasteiger partial charge on any atom is -0.486 e. The Morgan fingerprint density at radius 3 is 2.61 bits per heavy atom. The van der Waals surface area contributed by atoms with Crippen molar-refractivity contribution in [2.75, 3.05) is 0 Å². The highest BCUT2D eigenvalue weighted by molar-refractivity contribution is 7.18. The first-order valence-electron chi connectivity index (χ1n) is 9.24. The quantitative estimate of drug-likeness (QED) is 0.481. The van der Waals surface area contributed by atoms with Gasteiger partial charge in [0.25, 0.3) is 5.56 Å². The van der Waals surface area contributed by atoms with Crippen LogP contribution in [0.1, 0.15) is 41.5 Å². The number of nitrogens with zero attached hydrogens (tertiary/aromatic N) is 1. The van der Waals surface area contributed by atoms with Gasteiger partial charge in [0.1, 0.15) is 22.9 Å². The molecule has 1 aromatic carbocycles. The zero-order chi connectivity index (χ0) is 19.8. The van der Waals surface area contributed by atoms with Gasteiger partial charge in [-0.25, -0.2) is 4.98 Å². The minimum absolute atomic E-state index is 0.138. The summed E-state index contributed by atoms with van der Waals surface area (Å²) in [6.07, 6.45) is 0. The maximum atomic E-state index is 12.4. The summed E-state index contributed by atoms with van der Waals surface area (Å²) in [5.74, 6) is 2.91. The molecular formula is C22H22N2O3S. The van der Waals surface area contributed by atoms with Crippen molar-refractivity contribution in [1.82, 2.24) is 9.97 Å². The summed E-state index contributed by atoms with van der Waals surface area (Å²) in [6.45, 7) is 8.58. The number of furan rings is 1. The number of aromatic nitrogens is 2. The number of aryl methyl sites for hydroxylation is 2. The maximum absolute atomic E-state index is 12.4. The Morgan fingerprint density at radius 1 is 1.14 bits per heavy atom. The molecule has 0 radical (unpaired) electrons. The SMILES string of the molecule is Cc1sc2nc(-c3ccc(COc4ccc(C(C)C)cc4)o3)[nH]c(=O)c2c1C. The van der Waals surface area contributed by atoms with Crippen molar-refractivity contribution in [2.24, 2.45) is 0 Å². The molecule has 3 aromatic heterocycles. The first-order valence-corrected chi connectivity index (χ1v) is 10.1. The summed E-state index contributed by atoms with van der Waals surface area (Å²) in [5.41, 5.74) is 2.12. The Balaban J connectivity index is 1.53. The van der Waals surface area contributed by atoms with E-state index in [4.69, 9.17) is 9.15 Å². The lowest BCUT2D eigenvalue weighted by atomic mass is 10.0. The molecule has 6 heteroatoms. The van der Waals surface area contributed by atoms with E-state index in [2.05, 4.69) is 35.9 Å². The zero-order valence-electron chi connectivity index (χ0n) is 16.3. The van der Waals surface area contributed by atoms with Crippen LogP contribution in [0.5, 0.6) is 5.75 Å². The fourth-order valence-electron chi connectivity index (χ4n) is 3.06. The van der Waals surface area contributed by atoms with Crippen LogP contribution in [0.15, 0.2) is 45.6 Å². The molecule has 3 heterocycles. The van der Waals surface area contributed by atoms with Crippen LogP contribution in [0, 0.1) is 13.8 Å². The summed E-state index contributed by atoms with van der Waals surface area (Å²) >= 11 is 1.52. The molecule has 0 unspecified atom stereocenters. The molecule has 0 saturated heterocycles. The van der Waals surface area contributed by atoms with Gasteiger partial charge in [-0.3, -0.25) is 4.79 Å². The topological polar surface area (TPSA) is 68.1 Å². The molecule has 0 amide bonds. The van der Waals surface area contributed by atoms with E-state index >= 15 is 0 Å². The third-order valence-corrected chi connectivity index (χ3v) is 5.96. The third-order valence-electron chi connectivity index (χ3n) is 4.86. The van der Waals surface area contributed by atoms with E-state index in [0.717, 1.165) is 21.0 Å². The van der Waals surface area contributed by atoms with E-state index in [1.165, 1.54) is 16.9 Å². The van der Waals surface area contributed by atoms with Gasteiger partial charge in [0.2, 0.25) is 0 Å². The number of benzene rings is 1. The third kappa shape index (κ3) is 3.47. The van der Waals surface area contributed by atoms with Gasteiger partial charge < -0.3 is 14.1 Å². The van der Waals surface area contributed by atoms with Crippen LogP contribution in [0.4, 0.5) is 0 Å². The maximum Gasteiger partial charge on any atom is 0.260 e. The summed E-state index contributed by atoms with van der Waals surface area (Å²) < 4.78 is 11.6. The van der Waals surface area contributed by atoms with Crippen LogP contribution in [0.2, 0.25) is 0 Å². The average molecular weight is 394 g/mol. The molecule has 28 heavy (non-hydrogen) atoms. The van der Waals surface area contributed by atoms with Crippen molar-refractivity contribution < 1.29 is 9.15 Å². The normalized spacial score (nSPS) is 11.5. The van der Waals surface area contributed by atoms with Crippen LogP contribution in [-0.4, -0.2) is 9.97 Å². The van der Waals surface area contributed by atoms with Crippen LogP contribution < -0.4 is 10.3 Å². The lowest BCUT2D eigenvalue weighted by molar-refractivity contribution is 0.271. The second kappa shape index (κ2) is 7.28. The van der Waals surface area contributed by atoms with E-state index in [1.54, 1.807) is 6.07 Å². The van der Waals surface area contributed by atoms with Gasteiger partial charge in [-0.15, -0.1) is 11.3 Å². The molecule has 0 spiro atoms. The second-order valence-corrected chi connectivity index (χ2v) is 8.36. The highest BCUT2D eigenvalue weighted by Gasteiger charge is 2.15. The van der Waals surface area contributed by atoms with Gasteiger partial charge in [0.15, 0.2) is 11.6 Å². The predicted octanol–water partition coefficient (Wildman–Crippen LogP) is 5.56. The molecule has 0 atom stereocenters. The van der Waals surface area contributed by atoms with Crippen LogP contribution in [-0.2, 0) is 6.61 Å². The number of ether oxygens (including phenoxy) is 1. The van der Waals surface area contributed by atoms with Crippen molar-refractivity contribution in [2.45, 2.75) is 40.2 Å². The molecule has 5 nitrogen and oxygen atoms in total. The standard InChI is InChI=1S/C22H22N2O3S/c1-12(2)15-5-7-16(8-6-15)26-11-17-9-10-18(27-17)20-23-21(25)19-13(3)14(4)28-22(19)24-20/h5-10,12H,11H2,1-4H3,(H,23,24,25). The number of rotatable bonds is 5. The molecule has 0 aliphatic rings. The molecule has 0 fully saturated rings. The summed E-state index contributed by atoms with van der Waals surface area (Å²) in [6, 6.07) is 11.7. The van der Waals surface area contributed by atoms with Gasteiger partial charge in [-0.1, -0.05) is 26.0 Å². The van der Waals surface area contributed by atoms with E-state index in [-0.39, 0.29) is 5.56 Å². The van der Waals surface area contributed by atoms with Gasteiger partial charge in [0.05, 0.1) is 5.39 Å². The van der Waals surface area contributed by atoms with E-state index in [1.807, 2.05) is 32.0 Å². The monoisotopic (exact) mass is 394 g/mol. The fraction of sp³-hybridized carbons (Fsp3) is 0.273. The highest BCUT2D eigenvalue weighted by atomic mass is 32.1. The largest absolute Gasteiger partial charge is 0.486 e. The lowest BCUT2D eigenvalue weighted by Gasteiger charge is -2.07. The number of thiophene rings is 1. The summed E-state index contributed by atoms with van der Waals surface area (Å²) in [5, 5.41) is 0.659. The lowest BCUT2D eigenvalue weighted by Crippen LogP contribution is -2.08. The van der Waals surface area contributed by atoms with Crippen molar-refractivity contribution in [1.29, 1.82) is 0 Å². The molecule has 4 aromatic rings. The second-order valence-electron chi connectivity index (χ2n) is 7.16. The zero-order valence-corrected chi connectivity index (χ0v) is 17.1. The van der Waals surface area contributed by atoms with Crippen LogP contribution in [0.25, 0.3) is 21.8 Å². The molecule has 0 saturated carbocycles. The first-order chi connectivity index (χ1) is 13.4. The summed E-state index contributed by atoms with van der Waals surface area (Å²) in [4.78, 5) is 21.7. The number of H-pyrrole nitrogens is 1. The Labute approximate surface area is 167 Å². The molecule has 144 valence electrons. The van der Waals surface area contributed by atoms with Gasteiger partial charge >= 0.3 is 0 Å². The van der Waals surface area contributed by atoms with E-state index in [9.17, 15) is 4.79 Å². The molecule has 0 aliphatic carbocycles. The smallest absolute Gasteiger partial charge is 0.260 e. The Morgan fingerprint density at radius 2 is 1.89 bits per heavy atom. The van der Waals surface area contributed by atoms with Crippen molar-refractivity contribution in [3.05, 3.63) is 68.5 Å². The van der Waals surface area contributed by atoms with E-state index in [0.29, 0.717) is 35.3 Å². The number of nitrogens with one attached hydrogen (secondary N) is 1. The molecule has 1 N–H and O–H groups in total. The summed E-state index contributed by atoms with van der Waals surface area (Å²) in [7, 11) is 0. The van der Waals surface area contributed by atoms with Crippen molar-refractivity contribution in [3.63, 3.8) is 0 Å². The first kappa shape index (κ1) is 18.5. The Hall–Kier alpha value is -2.86. The van der Waals surface area contributed by atoms with Gasteiger partial charge in [-0.05, 0) is 55.2 Å². The molecule has 0 bridgehead atoms. The predicted molar refractivity (Wildman–Crippen MR) is 112 cm³/mol. The number of hydrogen-bond acceptors (Lipinski definition) is 5. The highest BCUT2D eigenvalue weighted by Crippen LogP contribution is 2.28. The molecular weight excluding hydrogens is 372 g/mol. The van der Waals surface area contributed by atoms with E-state index < -0.39 is 0 Å². The average Bonchev–Trinajstić information content (AvgIpc) is 3.25. The van der Waals surface area contributed by atoms with Crippen LogP contribution >= 0.6 is 11.3 Å². The van der Waals surface area contributed by atoms with Crippen molar-refractivity contribution >= 4 is 21.6 Å². The number of aromatic amines is 1.